The molecule has 5 nitrogen and oxygen atoms in total. The van der Waals surface area contributed by atoms with Gasteiger partial charge >= 0.3 is 0 Å². The molecule has 0 aliphatic carbocycles. The molecule has 1 aliphatic heterocycles. The molecule has 174 valence electrons. The number of hydrogen-bond donors (Lipinski definition) is 0. The molecule has 34 heavy (non-hydrogen) atoms. The highest BCUT2D eigenvalue weighted by Gasteiger charge is 2.35. The summed E-state index contributed by atoms with van der Waals surface area (Å²) in [6, 6.07) is 20.8. The van der Waals surface area contributed by atoms with Crippen molar-refractivity contribution in [2.24, 2.45) is 0 Å². The maximum absolute atomic E-state index is 13.0. The molecule has 0 saturated carbocycles. The van der Waals surface area contributed by atoms with Crippen molar-refractivity contribution in [2.75, 3.05) is 13.2 Å². The third-order valence-corrected chi connectivity index (χ3v) is 7.40. The van der Waals surface area contributed by atoms with E-state index in [1.807, 2.05) is 42.5 Å². The van der Waals surface area contributed by atoms with Crippen LogP contribution < -0.4 is 9.47 Å². The van der Waals surface area contributed by atoms with Crippen LogP contribution in [-0.2, 0) is 11.4 Å². The van der Waals surface area contributed by atoms with E-state index in [1.165, 1.54) is 4.90 Å². The second-order valence-electron chi connectivity index (χ2n) is 7.22. The van der Waals surface area contributed by atoms with Gasteiger partial charge in [-0.1, -0.05) is 41.9 Å². The van der Waals surface area contributed by atoms with Gasteiger partial charge in [0.25, 0.3) is 11.1 Å². The Labute approximate surface area is 234 Å². The lowest BCUT2D eigenvalue weighted by molar-refractivity contribution is -0.123. The number of ether oxygens (including phenoxy) is 2. The number of imide groups is 1. The molecule has 0 unspecified atom stereocenters. The molecule has 0 radical (unpaired) electrons. The Kier molecular flexibility index (Phi) is 8.78. The number of hydrogen-bond acceptors (Lipinski definition) is 5. The van der Waals surface area contributed by atoms with E-state index in [-0.39, 0.29) is 24.3 Å². The van der Waals surface area contributed by atoms with Crippen molar-refractivity contribution in [1.82, 2.24) is 4.90 Å². The third kappa shape index (κ3) is 6.46. The summed E-state index contributed by atoms with van der Waals surface area (Å²) in [6.07, 6.45) is 1.73. The van der Waals surface area contributed by atoms with Gasteiger partial charge in [0.1, 0.15) is 24.7 Å². The summed E-state index contributed by atoms with van der Waals surface area (Å²) in [5.41, 5.74) is 1.80. The molecule has 0 bridgehead atoms. The van der Waals surface area contributed by atoms with Gasteiger partial charge in [-0.2, -0.15) is 0 Å². The summed E-state index contributed by atoms with van der Waals surface area (Å²) < 4.78 is 13.7. The van der Waals surface area contributed by atoms with Gasteiger partial charge in [-0.15, -0.1) is 0 Å². The van der Waals surface area contributed by atoms with Crippen LogP contribution in [0.2, 0.25) is 5.02 Å². The zero-order valence-corrected chi connectivity index (χ0v) is 23.6. The molecule has 1 aliphatic rings. The van der Waals surface area contributed by atoms with Crippen molar-refractivity contribution in [3.05, 3.63) is 94.9 Å². The van der Waals surface area contributed by atoms with Crippen molar-refractivity contribution in [3.8, 4) is 11.5 Å². The molecule has 0 aromatic heterocycles. The molecule has 9 heteroatoms. The molecule has 0 atom stereocenters. The summed E-state index contributed by atoms with van der Waals surface area (Å²) in [5, 5.41) is 0.295. The predicted octanol–water partition coefficient (Wildman–Crippen LogP) is 7.24. The lowest BCUT2D eigenvalue weighted by Gasteiger charge is -2.14. The molecule has 3 aromatic carbocycles. The number of carbonyl (C=O) groups excluding carboxylic acids is 2. The summed E-state index contributed by atoms with van der Waals surface area (Å²) in [4.78, 5) is 27.1. The Morgan fingerprint density at radius 2 is 1.71 bits per heavy atom. The van der Waals surface area contributed by atoms with E-state index in [4.69, 9.17) is 21.1 Å². The predicted molar refractivity (Wildman–Crippen MR) is 152 cm³/mol. The second-order valence-corrected chi connectivity index (χ2v) is 11.1. The average molecular weight is 718 g/mol. The van der Waals surface area contributed by atoms with Gasteiger partial charge < -0.3 is 9.47 Å². The summed E-state index contributed by atoms with van der Waals surface area (Å²) in [7, 11) is 0. The quantitative estimate of drug-likeness (QED) is 0.182. The van der Waals surface area contributed by atoms with Gasteiger partial charge in [0, 0.05) is 14.2 Å². The summed E-state index contributed by atoms with van der Waals surface area (Å²) in [6.45, 7) is 0.757. The number of benzene rings is 3. The first kappa shape index (κ1) is 25.3. The topological polar surface area (TPSA) is 55.8 Å². The Morgan fingerprint density at radius 3 is 2.44 bits per heavy atom. The monoisotopic (exact) mass is 717 g/mol. The maximum Gasteiger partial charge on any atom is 0.293 e. The lowest BCUT2D eigenvalue weighted by atomic mass is 10.1. The number of carbonyl (C=O) groups is 2. The normalized spacial score (nSPS) is 14.7. The first-order chi connectivity index (χ1) is 16.4. The van der Waals surface area contributed by atoms with Crippen LogP contribution in [-0.4, -0.2) is 29.2 Å². The molecule has 1 heterocycles. The Balaban J connectivity index is 1.48. The van der Waals surface area contributed by atoms with Crippen LogP contribution in [0.3, 0.4) is 0 Å². The van der Waals surface area contributed by atoms with E-state index in [0.717, 1.165) is 30.0 Å². The molecule has 1 saturated heterocycles. The van der Waals surface area contributed by atoms with E-state index >= 15 is 0 Å². The number of amides is 2. The maximum atomic E-state index is 13.0. The molecule has 0 spiro atoms. The molecule has 1 fully saturated rings. The van der Waals surface area contributed by atoms with Gasteiger partial charge in [-0.25, -0.2) is 0 Å². The molecule has 0 N–H and O–H groups in total. The van der Waals surface area contributed by atoms with Gasteiger partial charge in [0.2, 0.25) is 0 Å². The minimum absolute atomic E-state index is 0.159. The number of halogens is 3. The highest BCUT2D eigenvalue weighted by molar-refractivity contribution is 14.1. The molecule has 4 rings (SSSR count). The van der Waals surface area contributed by atoms with Crippen molar-refractivity contribution in [2.45, 2.75) is 6.61 Å². The summed E-state index contributed by atoms with van der Waals surface area (Å²) >= 11 is 11.3. The third-order valence-electron chi connectivity index (χ3n) is 4.82. The smallest absolute Gasteiger partial charge is 0.293 e. The number of nitrogens with zero attached hydrogens (tertiary/aromatic N) is 1. The second kappa shape index (κ2) is 11.8. The van der Waals surface area contributed by atoms with E-state index in [2.05, 4.69) is 45.2 Å². The Bertz CT molecular complexity index is 1240. The van der Waals surface area contributed by atoms with Crippen LogP contribution in [0.5, 0.6) is 11.5 Å². The highest BCUT2D eigenvalue weighted by Crippen LogP contribution is 2.36. The van der Waals surface area contributed by atoms with Crippen LogP contribution in [0.15, 0.2) is 71.6 Å². The minimum Gasteiger partial charge on any atom is -0.492 e. The van der Waals surface area contributed by atoms with Crippen LogP contribution in [0.1, 0.15) is 11.1 Å². The zero-order valence-electron chi connectivity index (χ0n) is 17.7. The molecular formula is C25H18ClI2NO4S. The fourth-order valence-corrected chi connectivity index (χ4v) is 6.22. The fourth-order valence-electron chi connectivity index (χ4n) is 3.19. The highest BCUT2D eigenvalue weighted by atomic mass is 127. The van der Waals surface area contributed by atoms with Crippen LogP contribution in [0.25, 0.3) is 6.08 Å². The van der Waals surface area contributed by atoms with Crippen LogP contribution >= 0.6 is 68.5 Å². The van der Waals surface area contributed by atoms with Crippen molar-refractivity contribution < 1.29 is 19.1 Å². The summed E-state index contributed by atoms with van der Waals surface area (Å²) in [5.74, 6) is 0.973. The first-order valence-corrected chi connectivity index (χ1v) is 13.6. The van der Waals surface area contributed by atoms with Gasteiger partial charge in [0.05, 0.1) is 15.0 Å². The molecular weight excluding hydrogens is 700 g/mol. The van der Waals surface area contributed by atoms with Gasteiger partial charge in [-0.05, 0) is 105 Å². The zero-order chi connectivity index (χ0) is 24.1. The largest absolute Gasteiger partial charge is 0.492 e. The molecule has 3 aromatic rings. The Hall–Kier alpha value is -1.76. The number of rotatable bonds is 8. The molecule has 2 amide bonds. The average Bonchev–Trinajstić information content (AvgIpc) is 3.07. The lowest BCUT2D eigenvalue weighted by Crippen LogP contribution is -2.32. The van der Waals surface area contributed by atoms with Crippen molar-refractivity contribution in [1.29, 1.82) is 0 Å². The van der Waals surface area contributed by atoms with Crippen LogP contribution in [0, 0.1) is 7.14 Å². The van der Waals surface area contributed by atoms with E-state index in [1.54, 1.807) is 30.3 Å². The fraction of sp³-hybridized carbons (Fsp3) is 0.120. The van der Waals surface area contributed by atoms with E-state index < -0.39 is 0 Å². The van der Waals surface area contributed by atoms with Crippen molar-refractivity contribution >= 4 is 85.8 Å². The number of thioether (sulfide) groups is 1. The standard InChI is InChI=1S/C25H18ClI2NO4S/c26-18-6-8-20(9-7-18)32-11-10-29-24(30)22(34-25(29)31)13-17-12-19(27)14-21(28)23(17)33-15-16-4-2-1-3-5-16/h1-9,12-14H,10-11,15H2/b22-13-. The van der Waals surface area contributed by atoms with Crippen molar-refractivity contribution in [3.63, 3.8) is 0 Å². The minimum atomic E-state index is -0.336. The van der Waals surface area contributed by atoms with Gasteiger partial charge in [-0.3, -0.25) is 14.5 Å². The Morgan fingerprint density at radius 1 is 0.971 bits per heavy atom. The van der Waals surface area contributed by atoms with E-state index in [0.29, 0.717) is 28.0 Å². The van der Waals surface area contributed by atoms with Gasteiger partial charge in [0.15, 0.2) is 0 Å². The first-order valence-electron chi connectivity index (χ1n) is 10.2. The SMILES string of the molecule is O=C1S/C(=C\c2cc(I)cc(I)c2OCc2ccccc2)C(=O)N1CCOc1ccc(Cl)cc1. The van der Waals surface area contributed by atoms with E-state index in [9.17, 15) is 9.59 Å². The van der Waals surface area contributed by atoms with Crippen LogP contribution in [0.4, 0.5) is 4.79 Å².